The predicted octanol–water partition coefficient (Wildman–Crippen LogP) is 7.10. The average molecular weight is 687 g/mol. The second kappa shape index (κ2) is 16.2. The molecule has 5 aromatic rings. The molecule has 12 heteroatoms. The maximum Gasteiger partial charge on any atom is 0.272 e. The molecule has 0 spiro atoms. The second-order valence-corrected chi connectivity index (χ2v) is 13.0. The minimum atomic E-state index is -0.604. The van der Waals surface area contributed by atoms with Gasteiger partial charge in [-0.2, -0.15) is 5.26 Å². The van der Waals surface area contributed by atoms with E-state index in [0.717, 1.165) is 11.3 Å². The van der Waals surface area contributed by atoms with Gasteiger partial charge in [-0.05, 0) is 79.6 Å². The molecule has 0 aliphatic heterocycles. The Kier molecular flexibility index (Phi) is 11.3. The summed E-state index contributed by atoms with van der Waals surface area (Å²) in [6.07, 6.45) is 4.71. The Morgan fingerprint density at radius 3 is 2.27 bits per heavy atom. The number of hydrogen-bond acceptors (Lipinski definition) is 8. The lowest BCUT2D eigenvalue weighted by Gasteiger charge is -2.14. The molecule has 4 amide bonds. The summed E-state index contributed by atoms with van der Waals surface area (Å²) in [6.45, 7) is 3.39. The summed E-state index contributed by atoms with van der Waals surface area (Å²) in [5, 5.41) is 20.6. The third-order valence-corrected chi connectivity index (χ3v) is 9.33. The van der Waals surface area contributed by atoms with Gasteiger partial charge in [-0.1, -0.05) is 48.5 Å². The average Bonchev–Trinajstić information content (AvgIpc) is 3.43. The fraction of sp³-hybridized carbons (Fsp3) is 0.0811. The molecule has 0 aliphatic rings. The van der Waals surface area contributed by atoms with Crippen molar-refractivity contribution in [2.75, 3.05) is 16.0 Å². The SMILES string of the molecule is Cc1c(C(=O)Nc2ccccc2)sc(NC(=O)C(C)Sc2cccc(NC(=O)/C(=C/c3cccnc3)NC(=O)c3ccccc3)c2)c1C#N. The van der Waals surface area contributed by atoms with Crippen molar-refractivity contribution in [2.45, 2.75) is 24.0 Å². The van der Waals surface area contributed by atoms with E-state index >= 15 is 0 Å². The molecule has 0 radical (unpaired) electrons. The van der Waals surface area contributed by atoms with E-state index in [4.69, 9.17) is 0 Å². The monoisotopic (exact) mass is 686 g/mol. The Morgan fingerprint density at radius 2 is 1.57 bits per heavy atom. The lowest BCUT2D eigenvalue weighted by atomic mass is 10.1. The Hall–Kier alpha value is -6.03. The first-order valence-electron chi connectivity index (χ1n) is 15.0. The highest BCUT2D eigenvalue weighted by molar-refractivity contribution is 8.00. The fourth-order valence-electron chi connectivity index (χ4n) is 4.55. The summed E-state index contributed by atoms with van der Waals surface area (Å²) in [5.74, 6) is -1.73. The molecule has 4 N–H and O–H groups in total. The van der Waals surface area contributed by atoms with E-state index in [2.05, 4.69) is 32.3 Å². The number of carbonyl (C=O) groups is 4. The minimum absolute atomic E-state index is 0.0176. The predicted molar refractivity (Wildman–Crippen MR) is 193 cm³/mol. The van der Waals surface area contributed by atoms with Crippen molar-refractivity contribution in [2.24, 2.45) is 0 Å². The summed E-state index contributed by atoms with van der Waals surface area (Å²) in [6, 6.07) is 30.1. The number of amides is 4. The van der Waals surface area contributed by atoms with Crippen molar-refractivity contribution < 1.29 is 19.2 Å². The third kappa shape index (κ3) is 9.07. The van der Waals surface area contributed by atoms with Crippen LogP contribution >= 0.6 is 23.1 Å². The molecular weight excluding hydrogens is 657 g/mol. The molecule has 2 heterocycles. The van der Waals surface area contributed by atoms with Crippen molar-refractivity contribution >= 4 is 69.2 Å². The number of para-hydroxylation sites is 1. The van der Waals surface area contributed by atoms with Gasteiger partial charge in [0.05, 0.1) is 15.7 Å². The number of benzene rings is 3. The molecule has 0 fully saturated rings. The number of nitrogens with one attached hydrogen (secondary N) is 4. The molecule has 0 aliphatic carbocycles. The summed E-state index contributed by atoms with van der Waals surface area (Å²) < 4.78 is 0. The van der Waals surface area contributed by atoms with Crippen LogP contribution in [0.3, 0.4) is 0 Å². The van der Waals surface area contributed by atoms with Gasteiger partial charge in [-0.3, -0.25) is 24.2 Å². The molecule has 2 aromatic heterocycles. The van der Waals surface area contributed by atoms with Gasteiger partial charge in [0, 0.05) is 34.2 Å². The summed E-state index contributed by atoms with van der Waals surface area (Å²) in [5.41, 5.74) is 2.81. The van der Waals surface area contributed by atoms with E-state index in [9.17, 15) is 24.4 Å². The lowest BCUT2D eigenvalue weighted by Crippen LogP contribution is -2.30. The van der Waals surface area contributed by atoms with Crippen molar-refractivity contribution in [3.8, 4) is 6.07 Å². The van der Waals surface area contributed by atoms with E-state index in [1.54, 1.807) is 117 Å². The smallest absolute Gasteiger partial charge is 0.272 e. The largest absolute Gasteiger partial charge is 0.321 e. The van der Waals surface area contributed by atoms with Crippen LogP contribution in [0.5, 0.6) is 0 Å². The third-order valence-electron chi connectivity index (χ3n) is 7.03. The number of pyridine rings is 1. The first kappa shape index (κ1) is 34.3. The molecule has 5 rings (SSSR count). The van der Waals surface area contributed by atoms with Gasteiger partial charge in [0.1, 0.15) is 16.8 Å². The van der Waals surface area contributed by atoms with Gasteiger partial charge in [-0.15, -0.1) is 23.1 Å². The van der Waals surface area contributed by atoms with Gasteiger partial charge in [0.15, 0.2) is 0 Å². The van der Waals surface area contributed by atoms with E-state index in [-0.39, 0.29) is 23.1 Å². The van der Waals surface area contributed by atoms with Crippen LogP contribution in [0.15, 0.2) is 120 Å². The Bertz CT molecular complexity index is 2060. The Labute approximate surface area is 291 Å². The molecular formula is C37H30N6O4S2. The van der Waals surface area contributed by atoms with Gasteiger partial charge in [-0.25, -0.2) is 0 Å². The molecule has 244 valence electrons. The summed E-state index contributed by atoms with van der Waals surface area (Å²) in [7, 11) is 0. The number of nitrogens with zero attached hydrogens (tertiary/aromatic N) is 2. The van der Waals surface area contributed by atoms with Crippen LogP contribution in [0, 0.1) is 18.3 Å². The van der Waals surface area contributed by atoms with Gasteiger partial charge >= 0.3 is 0 Å². The van der Waals surface area contributed by atoms with E-state index in [1.807, 2.05) is 6.07 Å². The minimum Gasteiger partial charge on any atom is -0.321 e. The first-order valence-corrected chi connectivity index (χ1v) is 16.7. The first-order chi connectivity index (χ1) is 23.7. The Balaban J connectivity index is 1.26. The highest BCUT2D eigenvalue weighted by atomic mass is 32.2. The maximum atomic E-state index is 13.4. The van der Waals surface area contributed by atoms with E-state index in [0.29, 0.717) is 42.8 Å². The summed E-state index contributed by atoms with van der Waals surface area (Å²) >= 11 is 2.29. The van der Waals surface area contributed by atoms with Crippen LogP contribution in [-0.2, 0) is 9.59 Å². The van der Waals surface area contributed by atoms with Crippen molar-refractivity contribution in [1.29, 1.82) is 5.26 Å². The topological polar surface area (TPSA) is 153 Å². The molecule has 1 atom stereocenters. The number of thioether (sulfide) groups is 1. The number of carbonyl (C=O) groups excluding carboxylic acids is 4. The number of anilines is 3. The molecule has 10 nitrogen and oxygen atoms in total. The van der Waals surface area contributed by atoms with Gasteiger partial charge in [0.2, 0.25) is 5.91 Å². The number of aromatic nitrogens is 1. The number of thiophene rings is 1. The van der Waals surface area contributed by atoms with Crippen molar-refractivity contribution in [1.82, 2.24) is 10.3 Å². The highest BCUT2D eigenvalue weighted by Crippen LogP contribution is 2.34. The summed E-state index contributed by atoms with van der Waals surface area (Å²) in [4.78, 5) is 57.7. The maximum absolute atomic E-state index is 13.4. The fourth-order valence-corrected chi connectivity index (χ4v) is 6.53. The zero-order valence-corrected chi connectivity index (χ0v) is 28.0. The van der Waals surface area contributed by atoms with Crippen molar-refractivity contribution in [3.05, 3.63) is 142 Å². The van der Waals surface area contributed by atoms with E-state index in [1.165, 1.54) is 17.8 Å². The lowest BCUT2D eigenvalue weighted by molar-refractivity contribution is -0.115. The molecule has 1 unspecified atom stereocenters. The highest BCUT2D eigenvalue weighted by Gasteiger charge is 2.24. The van der Waals surface area contributed by atoms with E-state index < -0.39 is 17.1 Å². The number of nitriles is 1. The molecule has 0 saturated heterocycles. The Morgan fingerprint density at radius 1 is 0.857 bits per heavy atom. The van der Waals surface area contributed by atoms with Gasteiger partial charge in [0.25, 0.3) is 17.7 Å². The zero-order valence-electron chi connectivity index (χ0n) is 26.4. The normalized spacial score (nSPS) is 11.5. The van der Waals surface area contributed by atoms with Crippen molar-refractivity contribution in [3.63, 3.8) is 0 Å². The second-order valence-electron chi connectivity index (χ2n) is 10.6. The van der Waals surface area contributed by atoms with Crippen LogP contribution < -0.4 is 21.3 Å². The standard InChI is InChI=1S/C37H30N6O4S2/c1-23-30(21-38)37(49-32(23)36(47)40-27-14-7-4-8-15-27)43-33(44)24(2)48-29-17-9-16-28(20-29)41-35(46)31(19-25-11-10-18-39-22-25)42-34(45)26-12-5-3-6-13-26/h3-20,22,24H,1-2H3,(H,40,47)(H,41,46)(H,42,45)(H,43,44)/b31-19-. The van der Waals surface area contributed by atoms with Crippen LogP contribution in [0.4, 0.5) is 16.4 Å². The quantitative estimate of drug-likeness (QED) is 0.0854. The number of rotatable bonds is 11. The van der Waals surface area contributed by atoms with Crippen LogP contribution in [0.25, 0.3) is 6.08 Å². The van der Waals surface area contributed by atoms with Crippen LogP contribution in [0.2, 0.25) is 0 Å². The van der Waals surface area contributed by atoms with Gasteiger partial charge < -0.3 is 21.3 Å². The zero-order chi connectivity index (χ0) is 34.8. The van der Waals surface area contributed by atoms with Crippen LogP contribution in [-0.4, -0.2) is 33.9 Å². The molecule has 49 heavy (non-hydrogen) atoms. The van der Waals surface area contributed by atoms with Crippen LogP contribution in [0.1, 0.15) is 43.6 Å². The molecule has 0 bridgehead atoms. The number of hydrogen-bond donors (Lipinski definition) is 4. The molecule has 0 saturated carbocycles. The molecule has 3 aromatic carbocycles.